The second kappa shape index (κ2) is 54.7. The number of benzene rings is 10. The molecule has 20 heteroatoms. The van der Waals surface area contributed by atoms with Crippen LogP contribution in [0.1, 0.15) is 83.2 Å². The Balaban J connectivity index is 0.000000277. The summed E-state index contributed by atoms with van der Waals surface area (Å²) in [6, 6.07) is 107. The van der Waals surface area contributed by atoms with Crippen LogP contribution >= 0.6 is 11.3 Å². The number of nitrogens with zero attached hydrogens (tertiary/aromatic N) is 5. The molecular formula is C110H97F2Ir4N5O8S-4. The summed E-state index contributed by atoms with van der Waals surface area (Å²) in [5.41, 5.74) is 25.6. The molecule has 16 aromatic rings. The van der Waals surface area contributed by atoms with Crippen molar-refractivity contribution in [2.75, 3.05) is 0 Å². The minimum absolute atomic E-state index is 0. The Labute approximate surface area is 818 Å². The van der Waals surface area contributed by atoms with Crippen LogP contribution in [0.25, 0.3) is 133 Å². The van der Waals surface area contributed by atoms with Gasteiger partial charge in [0.05, 0.1) is 46.0 Å². The Bertz CT molecular complexity index is 6420. The number of halogens is 2. The number of aromatic nitrogens is 5. The molecule has 10 aromatic carbocycles. The molecule has 130 heavy (non-hydrogen) atoms. The van der Waals surface area contributed by atoms with Crippen molar-refractivity contribution in [2.24, 2.45) is 0 Å². The summed E-state index contributed by atoms with van der Waals surface area (Å²) in [5, 5.41) is 37.9. The first-order valence-corrected chi connectivity index (χ1v) is 41.2. The molecule has 16 rings (SSSR count). The van der Waals surface area contributed by atoms with Crippen LogP contribution in [0.3, 0.4) is 0 Å². The predicted molar refractivity (Wildman–Crippen MR) is 509 cm³/mol. The molecule has 0 fully saturated rings. The zero-order chi connectivity index (χ0) is 90.8. The molecule has 0 aliphatic heterocycles. The minimum atomic E-state index is -1.01. The Hall–Kier alpha value is -12.5. The zero-order valence-electron chi connectivity index (χ0n) is 73.8. The maximum absolute atomic E-state index is 14.6. The second-order valence-electron chi connectivity index (χ2n) is 29.4. The van der Waals surface area contributed by atoms with Crippen LogP contribution in [0.2, 0.25) is 0 Å². The monoisotopic (exact) mass is 2460 g/mol. The number of ketones is 4. The molecule has 0 aliphatic carbocycles. The van der Waals surface area contributed by atoms with Crippen LogP contribution in [0.4, 0.5) is 8.78 Å². The standard InChI is InChI=1S/C25H16NS.C23H18N.C22H13F2N2.C20H18N.4C5H8O2.4Ir/c1-2-8-18(9-3-1)19-11-6-12-21(16-19)25-22(24-14-7-15-27-24)17-20-10-4-5-13-23(20)26-25;1-16-12-20(18-8-4-3-5-9-18)15-21(13-16)23-17(2)14-19-10-6-7-11-22(19)24-23;23-18-14-26-22(20(21(18)24)19-11-4-5-12-25-19)17-10-6-9-16(13-17)15-7-2-1-3-8-15;1-14-10-18(17-7-5-4-6-8-17)12-19(11-14)20-16(3)9-15(2)13-21-20;4*1-4(6)3-5(2)7;;;;/h1-11,13-17H;3-12,14-15H,1-2H3;1-9,11-14H;4-10,12-13H,1-3H3;4*3,6H,1-2H3;;;;/q4*-1;;;;;;;;. The Kier molecular flexibility index (Phi) is 45.5. The van der Waals surface area contributed by atoms with E-state index in [1.165, 1.54) is 146 Å². The third kappa shape index (κ3) is 34.2. The van der Waals surface area contributed by atoms with Gasteiger partial charge < -0.3 is 30.4 Å². The van der Waals surface area contributed by atoms with E-state index in [1.807, 2.05) is 85.1 Å². The maximum Gasteiger partial charge on any atom is 0.175 e. The van der Waals surface area contributed by atoms with Gasteiger partial charge >= 0.3 is 0 Å². The van der Waals surface area contributed by atoms with E-state index in [-0.39, 0.29) is 132 Å². The van der Waals surface area contributed by atoms with Gasteiger partial charge in [-0.1, -0.05) is 213 Å². The number of para-hydroxylation sites is 2. The van der Waals surface area contributed by atoms with Crippen LogP contribution in [0, 0.1) is 70.5 Å². The number of aryl methyl sites for hydroxylation is 5. The molecule has 0 unspecified atom stereocenters. The number of hydrogen-bond acceptors (Lipinski definition) is 14. The summed E-state index contributed by atoms with van der Waals surface area (Å²) in [6.45, 7) is 21.9. The SMILES string of the molecule is CC(=O)C=C(C)O.CC(=O)C=C(C)O.CC(=O)C=C(C)O.CC(=O)C=C(C)O.Cc1[c-]c(-c2nc3ccccc3cc2C)cc(-c2ccccc2)c1.Cc1[c-]c(-c2ncc(C)cc2C)cc(-c2ccccc2)c1.Fc1cnc(-c2[c-]ccc(-c3ccccc3)c2)c(-c2ccccn2)c1F.[Ir].[Ir].[Ir].[Ir].[c-]1ccc(-c2ccccc2)cc1-c1nc2ccccc2cc1-c1cccs1. The van der Waals surface area contributed by atoms with Crippen molar-refractivity contribution in [2.45, 2.75) is 90.0 Å². The first-order chi connectivity index (χ1) is 60.5. The van der Waals surface area contributed by atoms with Crippen LogP contribution in [-0.4, -0.2) is 68.5 Å². The van der Waals surface area contributed by atoms with Crippen molar-refractivity contribution in [3.63, 3.8) is 0 Å². The van der Waals surface area contributed by atoms with Crippen molar-refractivity contribution in [1.29, 1.82) is 0 Å². The molecule has 0 aliphatic rings. The van der Waals surface area contributed by atoms with E-state index in [0.717, 1.165) is 84.2 Å². The van der Waals surface area contributed by atoms with E-state index in [1.54, 1.807) is 35.6 Å². The van der Waals surface area contributed by atoms with Gasteiger partial charge in [0.25, 0.3) is 0 Å². The fraction of sp³-hybridized carbons (Fsp3) is 0.118. The van der Waals surface area contributed by atoms with E-state index in [0.29, 0.717) is 17.0 Å². The number of fused-ring (bicyclic) bond motifs is 2. The molecule has 4 radical (unpaired) electrons. The van der Waals surface area contributed by atoms with Crippen molar-refractivity contribution in [3.05, 3.63) is 414 Å². The van der Waals surface area contributed by atoms with Crippen LogP contribution in [-0.2, 0) is 99.6 Å². The third-order valence-electron chi connectivity index (χ3n) is 18.2. The number of pyridine rings is 5. The molecule has 0 atom stereocenters. The molecule has 13 nitrogen and oxygen atoms in total. The van der Waals surface area contributed by atoms with Gasteiger partial charge in [0.15, 0.2) is 34.8 Å². The average Bonchev–Trinajstić information content (AvgIpc) is 1.17. The zero-order valence-corrected chi connectivity index (χ0v) is 84.2. The smallest absolute Gasteiger partial charge is 0.175 e. The Morgan fingerprint density at radius 1 is 0.354 bits per heavy atom. The topological polar surface area (TPSA) is 214 Å². The van der Waals surface area contributed by atoms with E-state index >= 15 is 0 Å². The van der Waals surface area contributed by atoms with Gasteiger partial charge in [0, 0.05) is 133 Å². The largest absolute Gasteiger partial charge is 0.512 e. The molecule has 0 amide bonds. The molecule has 0 saturated carbocycles. The molecule has 0 saturated heterocycles. The summed E-state index contributed by atoms with van der Waals surface area (Å²) in [5.74, 6) is -2.22. The van der Waals surface area contributed by atoms with Crippen LogP contribution in [0.5, 0.6) is 0 Å². The van der Waals surface area contributed by atoms with Gasteiger partial charge in [-0.05, 0) is 173 Å². The average molecular weight is 2460 g/mol. The van der Waals surface area contributed by atoms with Crippen molar-refractivity contribution >= 4 is 56.3 Å². The fourth-order valence-corrected chi connectivity index (χ4v) is 13.9. The van der Waals surface area contributed by atoms with E-state index in [2.05, 4.69) is 255 Å². The number of carbonyl (C=O) groups is 4. The van der Waals surface area contributed by atoms with Gasteiger partial charge in [-0.25, -0.2) is 8.78 Å². The van der Waals surface area contributed by atoms with Crippen molar-refractivity contribution in [1.82, 2.24) is 24.9 Å². The fourth-order valence-electron chi connectivity index (χ4n) is 13.1. The Morgan fingerprint density at radius 2 is 0.731 bits per heavy atom. The second-order valence-corrected chi connectivity index (χ2v) is 30.3. The first-order valence-electron chi connectivity index (χ1n) is 40.3. The molecule has 6 heterocycles. The number of aliphatic hydroxyl groups excluding tert-OH is 4. The van der Waals surface area contributed by atoms with E-state index in [4.69, 9.17) is 30.4 Å². The van der Waals surface area contributed by atoms with Crippen molar-refractivity contribution < 1.29 is 129 Å². The number of aliphatic hydroxyl groups is 4. The summed E-state index contributed by atoms with van der Waals surface area (Å²) < 4.78 is 28.4. The van der Waals surface area contributed by atoms with Crippen molar-refractivity contribution in [3.8, 4) is 111 Å². The number of rotatable bonds is 14. The molecular weight excluding hydrogens is 2360 g/mol. The normalized spacial score (nSPS) is 10.6. The predicted octanol–water partition coefficient (Wildman–Crippen LogP) is 27.9. The van der Waals surface area contributed by atoms with Gasteiger partial charge in [-0.2, -0.15) is 0 Å². The molecule has 0 spiro atoms. The number of thiophene rings is 1. The summed E-state index contributed by atoms with van der Waals surface area (Å²) >= 11 is 1.74. The summed E-state index contributed by atoms with van der Waals surface area (Å²) in [6.07, 6.45) is 9.01. The first kappa shape index (κ1) is 108. The number of hydrogen-bond donors (Lipinski definition) is 4. The van der Waals surface area contributed by atoms with Crippen LogP contribution in [0.15, 0.2) is 350 Å². The van der Waals surface area contributed by atoms with Gasteiger partial charge in [-0.15, -0.1) is 152 Å². The molecule has 4 N–H and O–H groups in total. The van der Waals surface area contributed by atoms with E-state index < -0.39 is 11.6 Å². The van der Waals surface area contributed by atoms with Gasteiger partial charge in [0.1, 0.15) is 0 Å². The number of carbonyl (C=O) groups excluding carboxylic acids is 4. The van der Waals surface area contributed by atoms with Crippen LogP contribution < -0.4 is 0 Å². The summed E-state index contributed by atoms with van der Waals surface area (Å²) in [4.78, 5) is 64.1. The summed E-state index contributed by atoms with van der Waals surface area (Å²) in [7, 11) is 0. The number of allylic oxidation sites excluding steroid dienone is 8. The minimum Gasteiger partial charge on any atom is -0.512 e. The quantitative estimate of drug-likeness (QED) is 0.0454. The molecule has 0 bridgehead atoms. The Morgan fingerprint density at radius 3 is 1.13 bits per heavy atom. The van der Waals surface area contributed by atoms with Gasteiger partial charge in [0.2, 0.25) is 0 Å². The molecule has 670 valence electrons. The van der Waals surface area contributed by atoms with E-state index in [9.17, 15) is 28.0 Å². The third-order valence-corrected chi connectivity index (χ3v) is 19.1. The maximum atomic E-state index is 14.6. The molecule has 6 aromatic heterocycles. The van der Waals surface area contributed by atoms with Gasteiger partial charge in [-0.3, -0.25) is 34.1 Å².